The summed E-state index contributed by atoms with van der Waals surface area (Å²) in [4.78, 5) is 2.33. The molecule has 4 aliphatic carbocycles. The molecule has 172 valence electrons. The van der Waals surface area contributed by atoms with E-state index in [9.17, 15) is 0 Å². The zero-order valence-electron chi connectivity index (χ0n) is 19.2. The number of hydrogen-bond donors (Lipinski definition) is 0. The maximum Gasteiger partial charge on any atom is 0.0708 e. The highest BCUT2D eigenvalue weighted by molar-refractivity contribution is 5.10. The molecule has 0 aromatic carbocycles. The fraction of sp³-hybridized carbons (Fsp3) is 1.00. The molecule has 0 N–H and O–H groups in total. The Hall–Kier alpha value is -0.160. The predicted molar refractivity (Wildman–Crippen MR) is 121 cm³/mol. The average molecular weight is 412 g/mol. The highest BCUT2D eigenvalue weighted by atomic mass is 16.5. The Kier molecular flexibility index (Phi) is 9.46. The molecular weight excluding hydrogens is 362 g/mol. The highest BCUT2D eigenvalue weighted by Crippen LogP contribution is 2.65. The van der Waals surface area contributed by atoms with Crippen LogP contribution in [-0.2, 0) is 14.2 Å². The normalized spacial score (nSPS) is 33.1. The lowest BCUT2D eigenvalue weighted by Gasteiger charge is -2.63. The van der Waals surface area contributed by atoms with Gasteiger partial charge < -0.3 is 19.1 Å². The summed E-state index contributed by atoms with van der Waals surface area (Å²) in [5, 5.41) is 0. The van der Waals surface area contributed by atoms with Crippen molar-refractivity contribution in [3.63, 3.8) is 0 Å². The fourth-order valence-electron chi connectivity index (χ4n) is 6.67. The van der Waals surface area contributed by atoms with Gasteiger partial charge in [0.15, 0.2) is 0 Å². The molecule has 2 unspecified atom stereocenters. The van der Waals surface area contributed by atoms with Crippen LogP contribution in [0, 0.1) is 29.1 Å². The van der Waals surface area contributed by atoms with Crippen LogP contribution in [0.2, 0.25) is 0 Å². The largest absolute Gasteiger partial charge is 0.378 e. The SMILES string of the molecule is C.CC(C)CN(C)CCOCCOCCOC12CC3CC(C1)CC(C(C)C)(C3)C2. The van der Waals surface area contributed by atoms with Crippen LogP contribution in [0.5, 0.6) is 0 Å². The molecule has 0 aromatic heterocycles. The Labute approximate surface area is 181 Å². The zero-order valence-corrected chi connectivity index (χ0v) is 19.2. The van der Waals surface area contributed by atoms with Crippen molar-refractivity contribution in [3.05, 3.63) is 0 Å². The van der Waals surface area contributed by atoms with E-state index in [2.05, 4.69) is 39.6 Å². The third kappa shape index (κ3) is 6.66. The third-order valence-corrected chi connectivity index (χ3v) is 7.58. The summed E-state index contributed by atoms with van der Waals surface area (Å²) in [6.07, 6.45) is 8.24. The number of nitrogens with zero attached hydrogens (tertiary/aromatic N) is 1. The Balaban J connectivity index is 0.00000300. The smallest absolute Gasteiger partial charge is 0.0708 e. The van der Waals surface area contributed by atoms with E-state index in [1.165, 1.54) is 38.5 Å². The molecule has 4 heteroatoms. The minimum Gasteiger partial charge on any atom is -0.378 e. The second-order valence-electron chi connectivity index (χ2n) is 10.9. The molecular formula is C25H49NO3. The van der Waals surface area contributed by atoms with Crippen molar-refractivity contribution >= 4 is 0 Å². The molecule has 4 rings (SSSR count). The van der Waals surface area contributed by atoms with Gasteiger partial charge in [0.05, 0.1) is 38.6 Å². The van der Waals surface area contributed by atoms with E-state index in [0.717, 1.165) is 44.1 Å². The van der Waals surface area contributed by atoms with Gasteiger partial charge in [-0.3, -0.25) is 0 Å². The average Bonchev–Trinajstić information content (AvgIpc) is 2.58. The van der Waals surface area contributed by atoms with Crippen molar-refractivity contribution < 1.29 is 14.2 Å². The molecule has 4 saturated carbocycles. The lowest BCUT2D eigenvalue weighted by atomic mass is 9.45. The van der Waals surface area contributed by atoms with Gasteiger partial charge in [-0.2, -0.15) is 0 Å². The second kappa shape index (κ2) is 10.9. The monoisotopic (exact) mass is 411 g/mol. The minimum absolute atomic E-state index is 0. The molecule has 0 radical (unpaired) electrons. The van der Waals surface area contributed by atoms with Gasteiger partial charge in [0.2, 0.25) is 0 Å². The Morgan fingerprint density at radius 1 is 0.862 bits per heavy atom. The number of hydrogen-bond acceptors (Lipinski definition) is 4. The van der Waals surface area contributed by atoms with E-state index in [0.29, 0.717) is 31.2 Å². The molecule has 4 bridgehead atoms. The molecule has 4 fully saturated rings. The lowest BCUT2D eigenvalue weighted by molar-refractivity contribution is -0.208. The van der Waals surface area contributed by atoms with Crippen molar-refractivity contribution in [2.45, 2.75) is 79.2 Å². The minimum atomic E-state index is 0. The third-order valence-electron chi connectivity index (χ3n) is 7.58. The highest BCUT2D eigenvalue weighted by Gasteiger charge is 2.59. The van der Waals surface area contributed by atoms with Crippen LogP contribution < -0.4 is 0 Å². The van der Waals surface area contributed by atoms with E-state index >= 15 is 0 Å². The van der Waals surface area contributed by atoms with E-state index in [-0.39, 0.29) is 13.0 Å². The Morgan fingerprint density at radius 2 is 1.45 bits per heavy atom. The van der Waals surface area contributed by atoms with E-state index in [4.69, 9.17) is 14.2 Å². The van der Waals surface area contributed by atoms with Crippen LogP contribution >= 0.6 is 0 Å². The van der Waals surface area contributed by atoms with Crippen LogP contribution in [0.1, 0.15) is 73.6 Å². The first-order valence-corrected chi connectivity index (χ1v) is 11.8. The summed E-state index contributed by atoms with van der Waals surface area (Å²) in [6.45, 7) is 15.1. The molecule has 2 atom stereocenters. The van der Waals surface area contributed by atoms with E-state index in [1.54, 1.807) is 0 Å². The number of likely N-dealkylation sites (N-methyl/N-ethyl adjacent to an activating group) is 1. The first-order valence-electron chi connectivity index (χ1n) is 11.8. The molecule has 29 heavy (non-hydrogen) atoms. The van der Waals surface area contributed by atoms with Gasteiger partial charge in [-0.25, -0.2) is 0 Å². The van der Waals surface area contributed by atoms with Gasteiger partial charge >= 0.3 is 0 Å². The molecule has 4 nitrogen and oxygen atoms in total. The fourth-order valence-corrected chi connectivity index (χ4v) is 6.67. The van der Waals surface area contributed by atoms with Gasteiger partial charge in [-0.05, 0) is 74.7 Å². The van der Waals surface area contributed by atoms with Crippen LogP contribution in [0.4, 0.5) is 0 Å². The zero-order chi connectivity index (χ0) is 20.2. The summed E-state index contributed by atoms with van der Waals surface area (Å²) < 4.78 is 18.0. The van der Waals surface area contributed by atoms with Crippen LogP contribution in [0.15, 0.2) is 0 Å². The van der Waals surface area contributed by atoms with E-state index < -0.39 is 0 Å². The standard InChI is InChI=1S/C24H45NO3.CH4/c1-19(2)17-25(5)6-7-26-8-9-27-10-11-28-24-15-21-12-22(16-24)14-23(13-21,18-24)20(3)4;/h19-22H,6-18H2,1-5H3;1H4. The van der Waals surface area contributed by atoms with Gasteiger partial charge in [0.25, 0.3) is 0 Å². The summed E-state index contributed by atoms with van der Waals surface area (Å²) in [5.74, 6) is 3.31. The maximum atomic E-state index is 6.54. The van der Waals surface area contributed by atoms with Crippen molar-refractivity contribution in [1.29, 1.82) is 0 Å². The van der Waals surface area contributed by atoms with Crippen molar-refractivity contribution in [3.8, 4) is 0 Å². The number of rotatable bonds is 13. The molecule has 0 spiro atoms. The van der Waals surface area contributed by atoms with Crippen molar-refractivity contribution in [2.75, 3.05) is 53.2 Å². The molecule has 0 amide bonds. The van der Waals surface area contributed by atoms with E-state index in [1.807, 2.05) is 0 Å². The van der Waals surface area contributed by atoms with Crippen LogP contribution in [0.3, 0.4) is 0 Å². The van der Waals surface area contributed by atoms with Crippen LogP contribution in [-0.4, -0.2) is 63.7 Å². The van der Waals surface area contributed by atoms with Gasteiger partial charge in [-0.1, -0.05) is 35.1 Å². The molecule has 0 heterocycles. The summed E-state index contributed by atoms with van der Waals surface area (Å²) in [6, 6.07) is 0. The predicted octanol–water partition coefficient (Wildman–Crippen LogP) is 5.26. The maximum absolute atomic E-state index is 6.54. The lowest BCUT2D eigenvalue weighted by Crippen LogP contribution is -2.58. The Morgan fingerprint density at radius 3 is 2.03 bits per heavy atom. The van der Waals surface area contributed by atoms with Gasteiger partial charge in [-0.15, -0.1) is 0 Å². The molecule has 0 aliphatic heterocycles. The Bertz CT molecular complexity index is 465. The molecule has 0 aromatic rings. The summed E-state index contributed by atoms with van der Waals surface area (Å²) in [5.41, 5.74) is 0.719. The van der Waals surface area contributed by atoms with Gasteiger partial charge in [0.1, 0.15) is 0 Å². The number of ether oxygens (including phenoxy) is 3. The second-order valence-corrected chi connectivity index (χ2v) is 10.9. The molecule has 4 aliphatic rings. The van der Waals surface area contributed by atoms with Crippen molar-refractivity contribution in [1.82, 2.24) is 4.90 Å². The topological polar surface area (TPSA) is 30.9 Å². The molecule has 0 saturated heterocycles. The summed E-state index contributed by atoms with van der Waals surface area (Å²) in [7, 11) is 2.16. The first kappa shape index (κ1) is 25.1. The van der Waals surface area contributed by atoms with Gasteiger partial charge in [0, 0.05) is 13.1 Å². The summed E-state index contributed by atoms with van der Waals surface area (Å²) >= 11 is 0. The van der Waals surface area contributed by atoms with Crippen LogP contribution in [0.25, 0.3) is 0 Å². The van der Waals surface area contributed by atoms with Crippen molar-refractivity contribution in [2.24, 2.45) is 29.1 Å². The first-order chi connectivity index (χ1) is 13.3. The quantitative estimate of drug-likeness (QED) is 0.387.